The van der Waals surface area contributed by atoms with Gasteiger partial charge in [0.2, 0.25) is 0 Å². The number of aliphatic hydroxyl groups is 4. The molecule has 0 amide bonds. The first-order valence-electron chi connectivity index (χ1n) is 8.26. The quantitative estimate of drug-likeness (QED) is 0.243. The summed E-state index contributed by atoms with van der Waals surface area (Å²) in [6.07, 6.45) is -6.37. The van der Waals surface area contributed by atoms with Crippen LogP contribution in [-0.2, 0) is 28.4 Å². The Bertz CT molecular complexity index is 317. The highest BCUT2D eigenvalue weighted by Gasteiger charge is 2.43. The molecule has 0 unspecified atom stereocenters. The predicted octanol–water partition coefficient (Wildman–Crippen LogP) is -2.50. The Morgan fingerprint density at radius 2 is 1.24 bits per heavy atom. The summed E-state index contributed by atoms with van der Waals surface area (Å²) >= 11 is 0. The van der Waals surface area contributed by atoms with Crippen LogP contribution in [0.4, 0.5) is 0 Å². The molecule has 1 aliphatic heterocycles. The van der Waals surface area contributed by atoms with E-state index >= 15 is 0 Å². The fraction of sp³-hybridized carbons (Fsp3) is 1.00. The number of rotatable bonds is 14. The highest BCUT2D eigenvalue weighted by molar-refractivity contribution is 4.88. The molecule has 0 saturated carbocycles. The molecule has 0 aliphatic carbocycles. The molecule has 1 aliphatic rings. The van der Waals surface area contributed by atoms with Gasteiger partial charge in [0.05, 0.1) is 59.5 Å². The second-order valence-electron chi connectivity index (χ2n) is 5.40. The van der Waals surface area contributed by atoms with Gasteiger partial charge in [0.1, 0.15) is 24.4 Å². The minimum atomic E-state index is -1.45. The highest BCUT2D eigenvalue weighted by Crippen LogP contribution is 2.21. The Hall–Kier alpha value is -0.400. The van der Waals surface area contributed by atoms with Gasteiger partial charge in [-0.25, -0.2) is 0 Å². The molecule has 10 heteroatoms. The molecule has 4 N–H and O–H groups in total. The van der Waals surface area contributed by atoms with Gasteiger partial charge in [-0.3, -0.25) is 0 Å². The molecule has 1 saturated heterocycles. The van der Waals surface area contributed by atoms with Gasteiger partial charge in [-0.2, -0.15) is 0 Å². The van der Waals surface area contributed by atoms with E-state index in [-0.39, 0.29) is 13.2 Å². The molecule has 1 heterocycles. The number of methoxy groups -OCH3 is 1. The lowest BCUT2D eigenvalue weighted by Crippen LogP contribution is -2.59. The summed E-state index contributed by atoms with van der Waals surface area (Å²) in [5.74, 6) is 0. The lowest BCUT2D eigenvalue weighted by atomic mass is 9.99. The van der Waals surface area contributed by atoms with E-state index in [9.17, 15) is 15.3 Å². The van der Waals surface area contributed by atoms with Gasteiger partial charge >= 0.3 is 0 Å². The van der Waals surface area contributed by atoms with Crippen LogP contribution < -0.4 is 0 Å². The molecule has 0 spiro atoms. The van der Waals surface area contributed by atoms with Gasteiger partial charge in [-0.15, -0.1) is 0 Å². The Kier molecular flexibility index (Phi) is 12.5. The van der Waals surface area contributed by atoms with Crippen molar-refractivity contribution in [1.82, 2.24) is 0 Å². The van der Waals surface area contributed by atoms with E-state index in [2.05, 4.69) is 0 Å². The van der Waals surface area contributed by atoms with Gasteiger partial charge in [0.25, 0.3) is 0 Å². The molecule has 5 atom stereocenters. The van der Waals surface area contributed by atoms with Crippen molar-refractivity contribution in [3.8, 4) is 0 Å². The van der Waals surface area contributed by atoms with Crippen LogP contribution in [0.2, 0.25) is 0 Å². The first kappa shape index (κ1) is 22.6. The van der Waals surface area contributed by atoms with Gasteiger partial charge in [-0.05, 0) is 0 Å². The Morgan fingerprint density at radius 3 is 1.76 bits per heavy atom. The van der Waals surface area contributed by atoms with E-state index in [0.717, 1.165) is 0 Å². The van der Waals surface area contributed by atoms with Crippen LogP contribution in [0.1, 0.15) is 0 Å². The average Bonchev–Trinajstić information content (AvgIpc) is 2.62. The fourth-order valence-corrected chi connectivity index (χ4v) is 2.11. The number of aliphatic hydroxyl groups excluding tert-OH is 4. The molecule has 25 heavy (non-hydrogen) atoms. The first-order valence-corrected chi connectivity index (χ1v) is 8.26. The van der Waals surface area contributed by atoms with Crippen LogP contribution >= 0.6 is 0 Å². The highest BCUT2D eigenvalue weighted by atomic mass is 16.7. The molecule has 1 fully saturated rings. The zero-order valence-electron chi connectivity index (χ0n) is 14.5. The molecule has 0 aromatic carbocycles. The summed E-state index contributed by atoms with van der Waals surface area (Å²) in [7, 11) is 1.61. The number of ether oxygens (including phenoxy) is 6. The van der Waals surface area contributed by atoms with E-state index in [4.69, 9.17) is 33.5 Å². The van der Waals surface area contributed by atoms with Gasteiger partial charge in [0, 0.05) is 7.11 Å². The Morgan fingerprint density at radius 1 is 0.720 bits per heavy atom. The Labute approximate surface area is 147 Å². The monoisotopic (exact) mass is 370 g/mol. The van der Waals surface area contributed by atoms with Crippen molar-refractivity contribution in [2.24, 2.45) is 0 Å². The zero-order chi connectivity index (χ0) is 18.5. The Balaban J connectivity index is 1.99. The lowest BCUT2D eigenvalue weighted by Gasteiger charge is -2.39. The summed E-state index contributed by atoms with van der Waals surface area (Å²) in [6.45, 7) is 2.68. The van der Waals surface area contributed by atoms with Crippen LogP contribution in [-0.4, -0.2) is 118 Å². The van der Waals surface area contributed by atoms with Crippen LogP contribution in [0.25, 0.3) is 0 Å². The third-order valence-electron chi connectivity index (χ3n) is 3.53. The average molecular weight is 370 g/mol. The molecule has 0 aromatic heterocycles. The fourth-order valence-electron chi connectivity index (χ4n) is 2.11. The van der Waals surface area contributed by atoms with Crippen molar-refractivity contribution in [2.75, 3.05) is 66.6 Å². The van der Waals surface area contributed by atoms with E-state index < -0.39 is 37.3 Å². The summed E-state index contributed by atoms with van der Waals surface area (Å²) in [4.78, 5) is 0. The van der Waals surface area contributed by atoms with Gasteiger partial charge in [-0.1, -0.05) is 0 Å². The minimum Gasteiger partial charge on any atom is -0.394 e. The summed E-state index contributed by atoms with van der Waals surface area (Å²) in [5, 5.41) is 38.1. The van der Waals surface area contributed by atoms with Gasteiger partial charge < -0.3 is 48.8 Å². The largest absolute Gasteiger partial charge is 0.394 e. The lowest BCUT2D eigenvalue weighted by molar-refractivity contribution is -0.302. The second kappa shape index (κ2) is 13.8. The maximum atomic E-state index is 9.78. The topological polar surface area (TPSA) is 136 Å². The number of hydrogen-bond donors (Lipinski definition) is 4. The maximum absolute atomic E-state index is 9.78. The maximum Gasteiger partial charge on any atom is 0.186 e. The summed E-state index contributed by atoms with van der Waals surface area (Å²) < 4.78 is 31.1. The smallest absolute Gasteiger partial charge is 0.186 e. The molecule has 0 bridgehead atoms. The van der Waals surface area contributed by atoms with Crippen molar-refractivity contribution >= 4 is 0 Å². The van der Waals surface area contributed by atoms with E-state index in [1.165, 1.54) is 0 Å². The van der Waals surface area contributed by atoms with Crippen LogP contribution in [0.15, 0.2) is 0 Å². The molecule has 1 rings (SSSR count). The third kappa shape index (κ3) is 8.69. The van der Waals surface area contributed by atoms with Crippen LogP contribution in [0.3, 0.4) is 0 Å². The third-order valence-corrected chi connectivity index (χ3v) is 3.53. The van der Waals surface area contributed by atoms with Crippen molar-refractivity contribution in [3.05, 3.63) is 0 Å². The summed E-state index contributed by atoms with van der Waals surface area (Å²) in [5.41, 5.74) is 0. The van der Waals surface area contributed by atoms with E-state index in [0.29, 0.717) is 39.6 Å². The van der Waals surface area contributed by atoms with Crippen molar-refractivity contribution in [2.45, 2.75) is 30.7 Å². The number of hydrogen-bond acceptors (Lipinski definition) is 10. The predicted molar refractivity (Wildman–Crippen MR) is 84.1 cm³/mol. The normalized spacial score (nSPS) is 29.9. The van der Waals surface area contributed by atoms with E-state index in [1.807, 2.05) is 0 Å². The molecule has 0 aromatic rings. The standard InChI is InChI=1S/C15H30O10/c1-20-2-3-21-4-5-22-6-7-23-8-9-24-15-14(19)13(18)12(17)11(10-16)25-15/h11-19H,2-10H2,1H3/t11-,12-,13+,14-,15-/m1/s1. The second-order valence-corrected chi connectivity index (χ2v) is 5.40. The molecular formula is C15H30O10. The van der Waals surface area contributed by atoms with Crippen molar-refractivity contribution in [1.29, 1.82) is 0 Å². The molecule has 10 nitrogen and oxygen atoms in total. The zero-order valence-corrected chi connectivity index (χ0v) is 14.5. The molecular weight excluding hydrogens is 340 g/mol. The molecule has 150 valence electrons. The van der Waals surface area contributed by atoms with Gasteiger partial charge in [0.15, 0.2) is 6.29 Å². The first-order chi connectivity index (χ1) is 12.1. The van der Waals surface area contributed by atoms with Crippen molar-refractivity contribution in [3.63, 3.8) is 0 Å². The van der Waals surface area contributed by atoms with Crippen molar-refractivity contribution < 1.29 is 48.8 Å². The van der Waals surface area contributed by atoms with Crippen LogP contribution in [0, 0.1) is 0 Å². The van der Waals surface area contributed by atoms with Crippen LogP contribution in [0.5, 0.6) is 0 Å². The SMILES string of the molecule is COCCOCCOCCOCCO[C@@H]1O[C@H](CO)[C@@H](O)[C@H](O)[C@H]1O. The van der Waals surface area contributed by atoms with E-state index in [1.54, 1.807) is 7.11 Å². The summed E-state index contributed by atoms with van der Waals surface area (Å²) in [6, 6.07) is 0. The molecule has 0 radical (unpaired) electrons. The minimum absolute atomic E-state index is 0.114.